The summed E-state index contributed by atoms with van der Waals surface area (Å²) in [5.74, 6) is 1.68. The molecule has 9 aromatic carbocycles. The summed E-state index contributed by atoms with van der Waals surface area (Å²) >= 11 is 0. The standard InChI is InChI=1S/C57H35N5O/c1-4-18-36(19-5-1)40-27-16-28-43-46-34-39(62-48-30-13-10-24-41(48)42-25-11-14-31-49(42)62)35-47(54(46)63-53(40)43)57-59-55(37-20-6-2-7-21-37)58-56(60-57)45-29-17-33-51-52(45)44-26-12-15-32-50(44)61(51)38-22-8-3-9-23-38/h1-35H. The number of fused-ring (bicyclic) bond motifs is 9. The quantitative estimate of drug-likeness (QED) is 0.168. The largest absolute Gasteiger partial charge is 0.455 e. The van der Waals surface area contributed by atoms with Gasteiger partial charge in [0.15, 0.2) is 17.5 Å². The third kappa shape index (κ3) is 5.48. The van der Waals surface area contributed by atoms with Crippen LogP contribution in [0.4, 0.5) is 0 Å². The summed E-state index contributed by atoms with van der Waals surface area (Å²) in [6.07, 6.45) is 0. The minimum Gasteiger partial charge on any atom is -0.455 e. The Morgan fingerprint density at radius 3 is 1.48 bits per heavy atom. The molecule has 4 heterocycles. The predicted octanol–water partition coefficient (Wildman–Crippen LogP) is 14.6. The van der Waals surface area contributed by atoms with Gasteiger partial charge in [0.1, 0.15) is 11.2 Å². The molecular weight excluding hydrogens is 771 g/mol. The van der Waals surface area contributed by atoms with Crippen molar-refractivity contribution in [1.82, 2.24) is 24.1 Å². The smallest absolute Gasteiger partial charge is 0.167 e. The maximum atomic E-state index is 7.13. The number of hydrogen-bond acceptors (Lipinski definition) is 4. The molecule has 0 saturated heterocycles. The maximum absolute atomic E-state index is 7.13. The van der Waals surface area contributed by atoms with Crippen LogP contribution in [0.2, 0.25) is 0 Å². The molecule has 0 bridgehead atoms. The molecule has 0 aliphatic rings. The topological polar surface area (TPSA) is 61.7 Å². The number of furan rings is 1. The molecule has 0 amide bonds. The summed E-state index contributed by atoms with van der Waals surface area (Å²) in [5.41, 5.74) is 12.7. The second-order valence-corrected chi connectivity index (χ2v) is 16.0. The van der Waals surface area contributed by atoms with Crippen LogP contribution in [0.3, 0.4) is 0 Å². The first-order chi connectivity index (χ1) is 31.3. The van der Waals surface area contributed by atoms with Crippen LogP contribution in [0, 0.1) is 0 Å². The summed E-state index contributed by atoms with van der Waals surface area (Å²) in [7, 11) is 0. The van der Waals surface area contributed by atoms with Crippen LogP contribution >= 0.6 is 0 Å². The van der Waals surface area contributed by atoms with Crippen molar-refractivity contribution in [2.24, 2.45) is 0 Å². The van der Waals surface area contributed by atoms with Gasteiger partial charge in [-0.1, -0.05) is 164 Å². The first-order valence-electron chi connectivity index (χ1n) is 21.2. The Kier molecular flexibility index (Phi) is 7.80. The zero-order valence-corrected chi connectivity index (χ0v) is 33.9. The molecule has 6 heteroatoms. The lowest BCUT2D eigenvalue weighted by Crippen LogP contribution is -2.02. The van der Waals surface area contributed by atoms with Gasteiger partial charge in [-0.3, -0.25) is 0 Å². The Bertz CT molecular complexity index is 3850. The molecule has 294 valence electrons. The summed E-state index contributed by atoms with van der Waals surface area (Å²) < 4.78 is 11.8. The molecule has 4 aromatic heterocycles. The fourth-order valence-corrected chi connectivity index (χ4v) is 9.62. The van der Waals surface area contributed by atoms with Crippen LogP contribution in [0.1, 0.15) is 0 Å². The highest BCUT2D eigenvalue weighted by Crippen LogP contribution is 2.44. The van der Waals surface area contributed by atoms with Crippen molar-refractivity contribution in [3.05, 3.63) is 212 Å². The highest BCUT2D eigenvalue weighted by molar-refractivity contribution is 6.17. The monoisotopic (exact) mass is 805 g/mol. The highest BCUT2D eigenvalue weighted by Gasteiger charge is 2.24. The Balaban J connectivity index is 1.14. The van der Waals surface area contributed by atoms with Crippen LogP contribution in [-0.4, -0.2) is 24.1 Å². The van der Waals surface area contributed by atoms with Crippen molar-refractivity contribution in [3.8, 4) is 56.7 Å². The SMILES string of the molecule is c1ccc(-c2nc(-c3cc(-n4c5ccccc5c5ccccc54)cc4c3oc3c(-c5ccccc5)cccc34)nc(-c3cccc4c3c3ccccc3n4-c3ccccc3)n2)cc1. The molecular formula is C57H35N5O. The molecule has 0 aliphatic carbocycles. The average molecular weight is 806 g/mol. The first-order valence-corrected chi connectivity index (χ1v) is 21.2. The molecule has 0 radical (unpaired) electrons. The van der Waals surface area contributed by atoms with Crippen LogP contribution in [0.5, 0.6) is 0 Å². The third-order valence-corrected chi connectivity index (χ3v) is 12.4. The Labute approximate surface area is 361 Å². The van der Waals surface area contributed by atoms with E-state index in [1.54, 1.807) is 0 Å². The lowest BCUT2D eigenvalue weighted by atomic mass is 10.0. The zero-order valence-electron chi connectivity index (χ0n) is 33.9. The van der Waals surface area contributed by atoms with Crippen molar-refractivity contribution in [3.63, 3.8) is 0 Å². The molecule has 0 spiro atoms. The van der Waals surface area contributed by atoms with Gasteiger partial charge in [0.05, 0.1) is 27.6 Å². The van der Waals surface area contributed by atoms with Gasteiger partial charge in [0.25, 0.3) is 0 Å². The van der Waals surface area contributed by atoms with Crippen molar-refractivity contribution in [1.29, 1.82) is 0 Å². The molecule has 0 N–H and O–H groups in total. The fraction of sp³-hybridized carbons (Fsp3) is 0. The van der Waals surface area contributed by atoms with Gasteiger partial charge >= 0.3 is 0 Å². The predicted molar refractivity (Wildman–Crippen MR) is 258 cm³/mol. The Morgan fingerprint density at radius 1 is 0.302 bits per heavy atom. The molecule has 63 heavy (non-hydrogen) atoms. The number of aromatic nitrogens is 5. The minimum atomic E-state index is 0.524. The number of nitrogens with zero attached hydrogens (tertiary/aromatic N) is 5. The van der Waals surface area contributed by atoms with Gasteiger partial charge in [-0.15, -0.1) is 0 Å². The van der Waals surface area contributed by atoms with Gasteiger partial charge in [-0.2, -0.15) is 0 Å². The van der Waals surface area contributed by atoms with Gasteiger partial charge in [-0.05, 0) is 54.1 Å². The molecule has 0 atom stereocenters. The van der Waals surface area contributed by atoms with Gasteiger partial charge < -0.3 is 13.6 Å². The Morgan fingerprint density at radius 2 is 0.778 bits per heavy atom. The second-order valence-electron chi connectivity index (χ2n) is 16.0. The van der Waals surface area contributed by atoms with Crippen molar-refractivity contribution in [2.75, 3.05) is 0 Å². The van der Waals surface area contributed by atoms with Crippen molar-refractivity contribution in [2.45, 2.75) is 0 Å². The summed E-state index contributed by atoms with van der Waals surface area (Å²) in [5, 5.41) is 6.58. The lowest BCUT2D eigenvalue weighted by Gasteiger charge is -2.13. The summed E-state index contributed by atoms with van der Waals surface area (Å²) in [6.45, 7) is 0. The number of para-hydroxylation sites is 5. The third-order valence-electron chi connectivity index (χ3n) is 12.4. The van der Waals surface area contributed by atoms with Crippen molar-refractivity contribution >= 4 is 65.6 Å². The number of hydrogen-bond donors (Lipinski definition) is 0. The van der Waals surface area contributed by atoms with Crippen LogP contribution in [-0.2, 0) is 0 Å². The molecule has 0 saturated carbocycles. The van der Waals surface area contributed by atoms with E-state index >= 15 is 0 Å². The van der Waals surface area contributed by atoms with E-state index in [1.165, 1.54) is 10.8 Å². The Hall–Kier alpha value is -8.61. The minimum absolute atomic E-state index is 0.524. The summed E-state index contributed by atoms with van der Waals surface area (Å²) in [6, 6.07) is 74.2. The van der Waals surface area contributed by atoms with E-state index in [0.717, 1.165) is 88.4 Å². The van der Waals surface area contributed by atoms with E-state index in [2.05, 4.69) is 197 Å². The van der Waals surface area contributed by atoms with Gasteiger partial charge in [0, 0.05) is 60.4 Å². The number of benzene rings is 9. The highest BCUT2D eigenvalue weighted by atomic mass is 16.3. The van der Waals surface area contributed by atoms with Gasteiger partial charge in [0.2, 0.25) is 0 Å². The van der Waals surface area contributed by atoms with E-state index in [4.69, 9.17) is 19.4 Å². The number of rotatable bonds is 6. The molecule has 0 fully saturated rings. The van der Waals surface area contributed by atoms with Crippen LogP contribution in [0.25, 0.3) is 122 Å². The zero-order chi connectivity index (χ0) is 41.4. The fourth-order valence-electron chi connectivity index (χ4n) is 9.62. The molecule has 0 unspecified atom stereocenters. The van der Waals surface area contributed by atoms with Crippen molar-refractivity contribution < 1.29 is 4.42 Å². The normalized spacial score (nSPS) is 11.8. The maximum Gasteiger partial charge on any atom is 0.167 e. The van der Waals surface area contributed by atoms with Crippen LogP contribution < -0.4 is 0 Å². The second kappa shape index (κ2) is 14.0. The summed E-state index contributed by atoms with van der Waals surface area (Å²) in [4.78, 5) is 16.1. The first kappa shape index (κ1) is 35.2. The molecule has 13 rings (SSSR count). The van der Waals surface area contributed by atoms with E-state index in [9.17, 15) is 0 Å². The van der Waals surface area contributed by atoms with E-state index in [1.807, 2.05) is 24.3 Å². The van der Waals surface area contributed by atoms with Gasteiger partial charge in [-0.25, -0.2) is 15.0 Å². The van der Waals surface area contributed by atoms with Crippen LogP contribution in [0.15, 0.2) is 217 Å². The van der Waals surface area contributed by atoms with E-state index < -0.39 is 0 Å². The average Bonchev–Trinajstić information content (AvgIpc) is 4.02. The van der Waals surface area contributed by atoms with E-state index in [-0.39, 0.29) is 0 Å². The molecule has 13 aromatic rings. The molecule has 0 aliphatic heterocycles. The van der Waals surface area contributed by atoms with E-state index in [0.29, 0.717) is 23.1 Å². The molecule has 6 nitrogen and oxygen atoms in total. The lowest BCUT2D eigenvalue weighted by molar-refractivity contribution is 0.670.